The van der Waals surface area contributed by atoms with Gasteiger partial charge >= 0.3 is 0 Å². The van der Waals surface area contributed by atoms with Gasteiger partial charge in [0, 0.05) is 23.4 Å². The van der Waals surface area contributed by atoms with Crippen LogP contribution in [0.4, 0.5) is 0 Å². The summed E-state index contributed by atoms with van der Waals surface area (Å²) in [6.07, 6.45) is 2.38. The first-order chi connectivity index (χ1) is 16.2. The van der Waals surface area contributed by atoms with Crippen LogP contribution in [0.15, 0.2) is 59.9 Å². The Labute approximate surface area is 200 Å². The van der Waals surface area contributed by atoms with Crippen LogP contribution in [0.3, 0.4) is 0 Å². The van der Waals surface area contributed by atoms with Crippen LogP contribution in [-0.2, 0) is 17.8 Å². The van der Waals surface area contributed by atoms with E-state index >= 15 is 0 Å². The SMILES string of the molecule is COc1cc2c(cc1OC)CN(C(=O)CSc1ncnc3sc(-c4ccccc4)cc13)CC2. The maximum atomic E-state index is 13.0. The maximum Gasteiger partial charge on any atom is 0.233 e. The Morgan fingerprint density at radius 3 is 2.58 bits per heavy atom. The minimum absolute atomic E-state index is 0.103. The molecule has 0 unspecified atom stereocenters. The molecule has 0 aliphatic carbocycles. The third kappa shape index (κ3) is 4.41. The quantitative estimate of drug-likeness (QED) is 0.286. The molecule has 33 heavy (non-hydrogen) atoms. The highest BCUT2D eigenvalue weighted by molar-refractivity contribution is 8.00. The summed E-state index contributed by atoms with van der Waals surface area (Å²) in [4.78, 5) is 25.9. The van der Waals surface area contributed by atoms with Gasteiger partial charge in [-0.25, -0.2) is 9.97 Å². The van der Waals surface area contributed by atoms with Crippen LogP contribution in [0, 0.1) is 0 Å². The fraction of sp³-hybridized carbons (Fsp3) is 0.240. The number of ether oxygens (including phenoxy) is 2. The van der Waals surface area contributed by atoms with Gasteiger partial charge in [0.25, 0.3) is 0 Å². The molecule has 0 atom stereocenters. The van der Waals surface area contributed by atoms with Crippen molar-refractivity contribution in [3.8, 4) is 21.9 Å². The van der Waals surface area contributed by atoms with Gasteiger partial charge in [-0.3, -0.25) is 4.79 Å². The average Bonchev–Trinajstić information content (AvgIpc) is 3.31. The van der Waals surface area contributed by atoms with Crippen molar-refractivity contribution in [2.24, 2.45) is 0 Å². The van der Waals surface area contributed by atoms with Crippen molar-refractivity contribution >= 4 is 39.2 Å². The summed E-state index contributed by atoms with van der Waals surface area (Å²) in [7, 11) is 3.27. The van der Waals surface area contributed by atoms with Gasteiger partial charge in [0.2, 0.25) is 5.91 Å². The molecule has 0 bridgehead atoms. The van der Waals surface area contributed by atoms with Crippen LogP contribution < -0.4 is 9.47 Å². The summed E-state index contributed by atoms with van der Waals surface area (Å²) in [5.74, 6) is 1.86. The molecule has 5 rings (SSSR count). The van der Waals surface area contributed by atoms with Gasteiger partial charge in [-0.1, -0.05) is 42.1 Å². The molecule has 0 saturated heterocycles. The fourth-order valence-corrected chi connectivity index (χ4v) is 5.96. The molecule has 6 nitrogen and oxygen atoms in total. The highest BCUT2D eigenvalue weighted by atomic mass is 32.2. The highest BCUT2D eigenvalue weighted by Crippen LogP contribution is 2.37. The number of thiophene rings is 1. The predicted molar refractivity (Wildman–Crippen MR) is 132 cm³/mol. The topological polar surface area (TPSA) is 64.6 Å². The molecule has 8 heteroatoms. The zero-order valence-electron chi connectivity index (χ0n) is 18.4. The molecule has 0 spiro atoms. The number of thioether (sulfide) groups is 1. The van der Waals surface area contributed by atoms with E-state index in [1.807, 2.05) is 35.2 Å². The van der Waals surface area contributed by atoms with Crippen LogP contribution in [0.25, 0.3) is 20.7 Å². The van der Waals surface area contributed by atoms with Crippen molar-refractivity contribution in [3.05, 3.63) is 66.0 Å². The van der Waals surface area contributed by atoms with Crippen molar-refractivity contribution in [2.45, 2.75) is 18.0 Å². The second kappa shape index (κ2) is 9.41. The second-order valence-corrected chi connectivity index (χ2v) is 9.70. The number of fused-ring (bicyclic) bond motifs is 2. The third-order valence-corrected chi connectivity index (χ3v) is 7.84. The molecular weight excluding hydrogens is 454 g/mol. The lowest BCUT2D eigenvalue weighted by Crippen LogP contribution is -2.37. The molecule has 1 aliphatic heterocycles. The number of benzene rings is 2. The summed E-state index contributed by atoms with van der Waals surface area (Å²) in [6, 6.07) is 16.4. The van der Waals surface area contributed by atoms with Crippen LogP contribution in [0.5, 0.6) is 11.5 Å². The summed E-state index contributed by atoms with van der Waals surface area (Å²) < 4.78 is 10.8. The van der Waals surface area contributed by atoms with E-state index in [1.165, 1.54) is 17.3 Å². The smallest absolute Gasteiger partial charge is 0.233 e. The summed E-state index contributed by atoms with van der Waals surface area (Å²) >= 11 is 3.12. The number of methoxy groups -OCH3 is 2. The van der Waals surface area contributed by atoms with Crippen molar-refractivity contribution in [3.63, 3.8) is 0 Å². The minimum Gasteiger partial charge on any atom is -0.493 e. The molecule has 0 radical (unpaired) electrons. The van der Waals surface area contributed by atoms with E-state index in [1.54, 1.807) is 31.9 Å². The van der Waals surface area contributed by atoms with Crippen LogP contribution in [0.2, 0.25) is 0 Å². The lowest BCUT2D eigenvalue weighted by molar-refractivity contribution is -0.129. The normalized spacial score (nSPS) is 13.1. The van der Waals surface area contributed by atoms with E-state index in [-0.39, 0.29) is 5.91 Å². The number of nitrogens with zero attached hydrogens (tertiary/aromatic N) is 3. The first kappa shape index (κ1) is 21.7. The number of hydrogen-bond donors (Lipinski definition) is 0. The first-order valence-corrected chi connectivity index (χ1v) is 12.4. The molecule has 0 N–H and O–H groups in total. The van der Waals surface area contributed by atoms with Gasteiger partial charge in [-0.05, 0) is 41.3 Å². The summed E-state index contributed by atoms with van der Waals surface area (Å²) in [5.41, 5.74) is 3.46. The number of hydrogen-bond acceptors (Lipinski definition) is 7. The van der Waals surface area contributed by atoms with Crippen molar-refractivity contribution < 1.29 is 14.3 Å². The summed E-state index contributed by atoms with van der Waals surface area (Å²) in [5, 5.41) is 1.84. The molecule has 1 amide bonds. The van der Waals surface area contributed by atoms with Gasteiger partial charge in [0.15, 0.2) is 11.5 Å². The highest BCUT2D eigenvalue weighted by Gasteiger charge is 2.23. The van der Waals surface area contributed by atoms with Crippen LogP contribution >= 0.6 is 23.1 Å². The van der Waals surface area contributed by atoms with E-state index in [9.17, 15) is 4.79 Å². The molecule has 3 heterocycles. The molecule has 168 valence electrons. The molecule has 2 aromatic carbocycles. The predicted octanol–water partition coefficient (Wildman–Crippen LogP) is 5.05. The van der Waals surface area contributed by atoms with Crippen LogP contribution in [0.1, 0.15) is 11.1 Å². The number of carbonyl (C=O) groups excluding carboxylic acids is 1. The molecule has 1 aliphatic rings. The van der Waals surface area contributed by atoms with Gasteiger partial charge < -0.3 is 14.4 Å². The van der Waals surface area contributed by atoms with Crippen molar-refractivity contribution in [1.29, 1.82) is 0 Å². The Balaban J connectivity index is 1.30. The molecule has 2 aromatic heterocycles. The van der Waals surface area contributed by atoms with Crippen molar-refractivity contribution in [2.75, 3.05) is 26.5 Å². The van der Waals surface area contributed by atoms with E-state index in [2.05, 4.69) is 28.2 Å². The average molecular weight is 478 g/mol. The Bertz CT molecular complexity index is 1310. The van der Waals surface area contributed by atoms with E-state index < -0.39 is 0 Å². The molecular formula is C25H23N3O3S2. The van der Waals surface area contributed by atoms with Gasteiger partial charge in [0.1, 0.15) is 16.2 Å². The minimum atomic E-state index is 0.103. The zero-order chi connectivity index (χ0) is 22.8. The number of carbonyl (C=O) groups is 1. The third-order valence-electron chi connectivity index (χ3n) is 5.75. The Morgan fingerprint density at radius 2 is 1.82 bits per heavy atom. The largest absolute Gasteiger partial charge is 0.493 e. The zero-order valence-corrected chi connectivity index (χ0v) is 20.0. The Hall–Kier alpha value is -3.10. The standard InChI is InChI=1S/C25H23N3O3S2/c1-30-20-10-17-8-9-28(13-18(17)11-21(20)31-2)23(29)14-32-24-19-12-22(16-6-4-3-5-7-16)33-25(19)27-15-26-24/h3-7,10-12,15H,8-9,13-14H2,1-2H3. The monoisotopic (exact) mass is 477 g/mol. The van der Waals surface area contributed by atoms with Gasteiger partial charge in [-0.15, -0.1) is 11.3 Å². The van der Waals surface area contributed by atoms with Crippen molar-refractivity contribution in [1.82, 2.24) is 14.9 Å². The number of aromatic nitrogens is 2. The number of rotatable bonds is 6. The van der Waals surface area contributed by atoms with Gasteiger partial charge in [0.05, 0.1) is 20.0 Å². The van der Waals surface area contributed by atoms with E-state index in [4.69, 9.17) is 9.47 Å². The molecule has 4 aromatic rings. The first-order valence-electron chi connectivity index (χ1n) is 10.6. The lowest BCUT2D eigenvalue weighted by atomic mass is 9.99. The lowest BCUT2D eigenvalue weighted by Gasteiger charge is -2.29. The Morgan fingerprint density at radius 1 is 1.06 bits per heavy atom. The van der Waals surface area contributed by atoms with Gasteiger partial charge in [-0.2, -0.15) is 0 Å². The molecule has 0 fully saturated rings. The van der Waals surface area contributed by atoms with Crippen LogP contribution in [-0.4, -0.2) is 47.3 Å². The fourth-order valence-electron chi connectivity index (χ4n) is 4.01. The van der Waals surface area contributed by atoms with E-state index in [0.717, 1.165) is 43.4 Å². The second-order valence-electron chi connectivity index (χ2n) is 7.70. The molecule has 0 saturated carbocycles. The Kier molecular flexibility index (Phi) is 6.20. The van der Waals surface area contributed by atoms with E-state index in [0.29, 0.717) is 24.6 Å². The number of amides is 1. The maximum absolute atomic E-state index is 13.0. The summed E-state index contributed by atoms with van der Waals surface area (Å²) in [6.45, 7) is 1.27.